The molecule has 0 fully saturated rings. The molecular formula is C64H62N8O8. The number of aromatic hydroxyl groups is 2. The number of allylic oxidation sites excluding steroid dienone is 2. The van der Waals surface area contributed by atoms with Crippen LogP contribution < -0.4 is 42.2 Å². The number of carbonyl (C=O) groups excluding carboxylic acids is 4. The van der Waals surface area contributed by atoms with Crippen LogP contribution in [0.1, 0.15) is 44.5 Å². The molecule has 0 unspecified atom stereocenters. The van der Waals surface area contributed by atoms with E-state index >= 15 is 0 Å². The monoisotopic (exact) mass is 1070 g/mol. The van der Waals surface area contributed by atoms with Crippen molar-refractivity contribution in [3.05, 3.63) is 226 Å². The van der Waals surface area contributed by atoms with E-state index in [0.717, 1.165) is 33.4 Å². The fraction of sp³-hybridized carbons (Fsp3) is 0.188. The highest BCUT2D eigenvalue weighted by Crippen LogP contribution is 2.25. The van der Waals surface area contributed by atoms with Crippen LogP contribution in [0.3, 0.4) is 0 Å². The van der Waals surface area contributed by atoms with Gasteiger partial charge in [-0.2, -0.15) is 10.5 Å². The van der Waals surface area contributed by atoms with E-state index in [1.54, 1.807) is 84.9 Å². The van der Waals surface area contributed by atoms with Crippen LogP contribution in [0, 0.1) is 22.7 Å². The zero-order valence-corrected chi connectivity index (χ0v) is 43.8. The Morgan fingerprint density at radius 3 is 1.12 bits per heavy atom. The highest BCUT2D eigenvalue weighted by molar-refractivity contribution is 5.93. The minimum absolute atomic E-state index is 0.108. The van der Waals surface area contributed by atoms with Gasteiger partial charge in [-0.15, -0.1) is 0 Å². The smallest absolute Gasteiger partial charge is 0.243 e. The van der Waals surface area contributed by atoms with Gasteiger partial charge in [-0.1, -0.05) is 133 Å². The number of phenols is 2. The molecule has 10 N–H and O–H groups in total. The number of nitrogens with zero attached hydrogens (tertiary/aromatic N) is 2. The molecule has 0 aliphatic heterocycles. The number of nitrogens with two attached hydrogens (primary N) is 2. The van der Waals surface area contributed by atoms with Crippen molar-refractivity contribution in [2.24, 2.45) is 11.5 Å². The zero-order valence-electron chi connectivity index (χ0n) is 43.8. The predicted molar refractivity (Wildman–Crippen MR) is 307 cm³/mol. The lowest BCUT2D eigenvalue weighted by atomic mass is 9.99. The molecule has 0 spiro atoms. The molecule has 7 aromatic rings. The van der Waals surface area contributed by atoms with Crippen molar-refractivity contribution in [3.63, 3.8) is 0 Å². The van der Waals surface area contributed by atoms with Crippen LogP contribution in [0.25, 0.3) is 23.3 Å². The van der Waals surface area contributed by atoms with Gasteiger partial charge in [0.15, 0.2) is 0 Å². The lowest BCUT2D eigenvalue weighted by Gasteiger charge is -2.21. The largest absolute Gasteiger partial charge is 0.508 e. The van der Waals surface area contributed by atoms with Crippen molar-refractivity contribution in [2.75, 3.05) is 26.3 Å². The molecule has 0 aliphatic rings. The van der Waals surface area contributed by atoms with E-state index in [1.165, 1.54) is 24.3 Å². The van der Waals surface area contributed by atoms with Crippen molar-refractivity contribution in [1.29, 1.82) is 10.5 Å². The molecule has 0 bridgehead atoms. The van der Waals surface area contributed by atoms with Crippen molar-refractivity contribution >= 4 is 46.9 Å². The first-order valence-corrected chi connectivity index (χ1v) is 25.9. The summed E-state index contributed by atoms with van der Waals surface area (Å²) in [6.07, 6.45) is 4.45. The van der Waals surface area contributed by atoms with Crippen LogP contribution in [0.2, 0.25) is 0 Å². The third kappa shape index (κ3) is 18.1. The number of amides is 4. The van der Waals surface area contributed by atoms with Crippen LogP contribution in [0.4, 0.5) is 0 Å². The van der Waals surface area contributed by atoms with E-state index in [1.807, 2.05) is 84.9 Å². The van der Waals surface area contributed by atoms with Gasteiger partial charge < -0.3 is 52.4 Å². The Morgan fingerprint density at radius 2 is 0.787 bits per heavy atom. The van der Waals surface area contributed by atoms with Crippen molar-refractivity contribution < 1.29 is 38.9 Å². The molecule has 16 heteroatoms. The number of carbonyl (C=O) groups is 4. The quantitative estimate of drug-likeness (QED) is 0.0158. The average Bonchev–Trinajstić information content (AvgIpc) is 3.48. The Labute approximate surface area is 465 Å². The summed E-state index contributed by atoms with van der Waals surface area (Å²) in [6, 6.07) is 53.9. The van der Waals surface area contributed by atoms with Gasteiger partial charge in [-0.05, 0) is 118 Å². The fourth-order valence-corrected chi connectivity index (χ4v) is 8.41. The molecule has 4 amide bonds. The Bertz CT molecular complexity index is 3080. The molecule has 0 aromatic heterocycles. The molecule has 0 aliphatic carbocycles. The maximum atomic E-state index is 13.4. The van der Waals surface area contributed by atoms with Crippen molar-refractivity contribution in [1.82, 2.24) is 21.3 Å². The van der Waals surface area contributed by atoms with Crippen LogP contribution in [-0.2, 0) is 44.9 Å². The van der Waals surface area contributed by atoms with Crippen molar-refractivity contribution in [2.45, 2.75) is 49.9 Å². The van der Waals surface area contributed by atoms with Gasteiger partial charge in [0.2, 0.25) is 23.6 Å². The van der Waals surface area contributed by atoms with Gasteiger partial charge in [0.1, 0.15) is 48.3 Å². The standard InChI is InChI=1S/C64H62N8O8/c65-41-51(35-45-15-27-55(28-16-45)79-33-31-69-63(77)59(39-43-7-3-1-4-8-43)71-61(75)57(67)37-47-11-23-53(73)24-12-47)49-19-21-50(22-20-49)52(42-66)36-46-17-29-56(30-18-46)80-34-32-70-64(78)60(40-44-9-5-2-6-10-44)72-62(76)58(68)38-48-13-25-54(74)26-14-48/h1-30,35-36,57-60,73-74H,31-34,37-40,67-68H2,(H,69,77)(H,70,78)(H,71,75)(H,72,76)/b51-35-,52-36-/t57-,58-,59-,60-/m0/s1. The number of benzene rings is 7. The summed E-state index contributed by atoms with van der Waals surface area (Å²) in [5.41, 5.74) is 19.3. The Hall–Kier alpha value is -10.0. The third-order valence-electron chi connectivity index (χ3n) is 12.8. The van der Waals surface area contributed by atoms with E-state index in [2.05, 4.69) is 33.4 Å². The Kier molecular flexibility index (Phi) is 21.3. The lowest BCUT2D eigenvalue weighted by Crippen LogP contribution is -2.53. The van der Waals surface area contributed by atoms with Gasteiger partial charge in [-0.3, -0.25) is 19.2 Å². The molecule has 7 aromatic carbocycles. The van der Waals surface area contributed by atoms with Gasteiger partial charge in [0, 0.05) is 12.8 Å². The summed E-state index contributed by atoms with van der Waals surface area (Å²) in [7, 11) is 0. The maximum Gasteiger partial charge on any atom is 0.243 e. The summed E-state index contributed by atoms with van der Waals surface area (Å²) in [4.78, 5) is 53.0. The van der Waals surface area contributed by atoms with Gasteiger partial charge in [0.05, 0.1) is 48.5 Å². The first kappa shape index (κ1) is 57.7. The van der Waals surface area contributed by atoms with E-state index in [4.69, 9.17) is 20.9 Å². The number of phenolic OH excluding ortho intramolecular Hbond substituents is 2. The van der Waals surface area contributed by atoms with E-state index in [0.29, 0.717) is 33.8 Å². The topological polar surface area (TPSA) is 275 Å². The second-order valence-electron chi connectivity index (χ2n) is 18.8. The molecular weight excluding hydrogens is 1010 g/mol. The minimum Gasteiger partial charge on any atom is -0.508 e. The Balaban J connectivity index is 0.863. The van der Waals surface area contributed by atoms with Crippen molar-refractivity contribution in [3.8, 4) is 35.1 Å². The highest BCUT2D eigenvalue weighted by Gasteiger charge is 2.26. The number of rotatable bonds is 26. The molecule has 0 saturated carbocycles. The highest BCUT2D eigenvalue weighted by atomic mass is 16.5. The lowest BCUT2D eigenvalue weighted by molar-refractivity contribution is -0.129. The molecule has 80 heavy (non-hydrogen) atoms. The van der Waals surface area contributed by atoms with E-state index in [9.17, 15) is 39.9 Å². The number of nitrogens with one attached hydrogen (secondary N) is 4. The van der Waals surface area contributed by atoms with Crippen LogP contribution >= 0.6 is 0 Å². The molecule has 7 rings (SSSR count). The average molecular weight is 1070 g/mol. The van der Waals surface area contributed by atoms with Crippen LogP contribution in [-0.4, -0.2) is 84.3 Å². The van der Waals surface area contributed by atoms with Crippen LogP contribution in [0.15, 0.2) is 182 Å². The predicted octanol–water partition coefficient (Wildman–Crippen LogP) is 6.81. The van der Waals surface area contributed by atoms with E-state index in [-0.39, 0.29) is 63.5 Å². The maximum absolute atomic E-state index is 13.4. The third-order valence-corrected chi connectivity index (χ3v) is 12.8. The molecule has 16 nitrogen and oxygen atoms in total. The molecule has 0 heterocycles. The zero-order chi connectivity index (χ0) is 56.6. The molecule has 0 saturated heterocycles. The first-order valence-electron chi connectivity index (χ1n) is 25.9. The number of hydrogen-bond donors (Lipinski definition) is 8. The van der Waals surface area contributed by atoms with Gasteiger partial charge >= 0.3 is 0 Å². The van der Waals surface area contributed by atoms with Gasteiger partial charge in [0.25, 0.3) is 0 Å². The second-order valence-corrected chi connectivity index (χ2v) is 18.8. The second kappa shape index (κ2) is 29.5. The first-order chi connectivity index (χ1) is 38.8. The number of hydrogen-bond acceptors (Lipinski definition) is 12. The van der Waals surface area contributed by atoms with Crippen LogP contribution in [0.5, 0.6) is 23.0 Å². The molecule has 406 valence electrons. The molecule has 4 atom stereocenters. The number of ether oxygens (including phenoxy) is 2. The summed E-state index contributed by atoms with van der Waals surface area (Å²) >= 11 is 0. The summed E-state index contributed by atoms with van der Waals surface area (Å²) < 4.78 is 11.8. The van der Waals surface area contributed by atoms with E-state index < -0.39 is 47.8 Å². The Morgan fingerprint density at radius 1 is 0.450 bits per heavy atom. The molecule has 0 radical (unpaired) electrons. The summed E-state index contributed by atoms with van der Waals surface area (Å²) in [5, 5.41) is 50.7. The fourth-order valence-electron chi connectivity index (χ4n) is 8.41. The minimum atomic E-state index is -0.915. The summed E-state index contributed by atoms with van der Waals surface area (Å²) in [6.45, 7) is 0.622. The number of nitriles is 2. The van der Waals surface area contributed by atoms with Gasteiger partial charge in [-0.25, -0.2) is 0 Å². The normalized spacial score (nSPS) is 12.8. The SMILES string of the molecule is N#C/C(=C/c1ccc(OCCNC(=O)[C@H](Cc2ccccc2)NC(=O)[C@@H](N)Cc2ccc(O)cc2)cc1)c1ccc(/C(C#N)=C\c2ccc(OCCNC(=O)[C@H](Cc3ccccc3)NC(=O)[C@@H](N)Cc3ccc(O)cc3)cc2)cc1. The summed E-state index contributed by atoms with van der Waals surface area (Å²) in [5.74, 6) is -0.426.